The normalized spacial score (nSPS) is 11.0. The van der Waals surface area contributed by atoms with Crippen LogP contribution >= 0.6 is 11.3 Å². The van der Waals surface area contributed by atoms with Crippen molar-refractivity contribution in [1.82, 2.24) is 9.71 Å². The first-order valence-corrected chi connectivity index (χ1v) is 11.1. The van der Waals surface area contributed by atoms with Crippen LogP contribution in [0.15, 0.2) is 58.8 Å². The molecule has 0 spiro atoms. The van der Waals surface area contributed by atoms with Gasteiger partial charge in [0, 0.05) is 35.2 Å². The molecule has 0 radical (unpaired) electrons. The van der Waals surface area contributed by atoms with Gasteiger partial charge < -0.3 is 5.32 Å². The minimum atomic E-state index is -3.70. The van der Waals surface area contributed by atoms with Gasteiger partial charge in [-0.05, 0) is 43.3 Å². The number of aryl methyl sites for hydroxylation is 1. The summed E-state index contributed by atoms with van der Waals surface area (Å²) in [5.41, 5.74) is 2.82. The van der Waals surface area contributed by atoms with Crippen molar-refractivity contribution in [3.63, 3.8) is 0 Å². The topological polar surface area (TPSA) is 112 Å². The zero-order valence-corrected chi connectivity index (χ0v) is 17.2. The zero-order chi connectivity index (χ0) is 20.9. The predicted molar refractivity (Wildman–Crippen MR) is 112 cm³/mol. The Hall–Kier alpha value is -3.06. The van der Waals surface area contributed by atoms with Gasteiger partial charge in [-0.2, -0.15) is 5.26 Å². The summed E-state index contributed by atoms with van der Waals surface area (Å²) < 4.78 is 26.5. The number of nitrogens with one attached hydrogen (secondary N) is 2. The molecule has 1 heterocycles. The molecule has 0 atom stereocenters. The van der Waals surface area contributed by atoms with Crippen molar-refractivity contribution in [3.8, 4) is 17.3 Å². The van der Waals surface area contributed by atoms with Crippen LogP contribution in [0.3, 0.4) is 0 Å². The molecule has 0 aliphatic carbocycles. The van der Waals surface area contributed by atoms with Crippen LogP contribution in [0.4, 0.5) is 5.69 Å². The molecule has 29 heavy (non-hydrogen) atoms. The summed E-state index contributed by atoms with van der Waals surface area (Å²) in [7, 11) is -3.70. The predicted octanol–water partition coefficient (Wildman–Crippen LogP) is 3.56. The molecule has 0 aliphatic rings. The second kappa shape index (κ2) is 8.96. The van der Waals surface area contributed by atoms with Crippen molar-refractivity contribution in [2.75, 3.05) is 11.9 Å². The number of nitriles is 1. The molecule has 0 saturated heterocycles. The van der Waals surface area contributed by atoms with E-state index in [0.717, 1.165) is 16.3 Å². The van der Waals surface area contributed by atoms with E-state index in [1.165, 1.54) is 24.3 Å². The molecule has 1 amide bonds. The number of amides is 1. The maximum absolute atomic E-state index is 12.4. The molecule has 3 rings (SSSR count). The van der Waals surface area contributed by atoms with Gasteiger partial charge in [0.15, 0.2) is 0 Å². The van der Waals surface area contributed by atoms with Gasteiger partial charge in [0.1, 0.15) is 0 Å². The Morgan fingerprint density at radius 1 is 1.14 bits per heavy atom. The van der Waals surface area contributed by atoms with Crippen molar-refractivity contribution in [1.29, 1.82) is 5.26 Å². The fraction of sp³-hybridized carbons (Fsp3) is 0.150. The summed E-state index contributed by atoms with van der Waals surface area (Å²) in [5, 5.41) is 14.2. The molecular weight excluding hydrogens is 408 g/mol. The molecule has 9 heteroatoms. The lowest BCUT2D eigenvalue weighted by Gasteiger charge is -2.08. The van der Waals surface area contributed by atoms with Gasteiger partial charge in [0.2, 0.25) is 10.0 Å². The first-order valence-electron chi connectivity index (χ1n) is 8.69. The number of carbonyl (C=O) groups excluding carboxylic acids is 1. The standard InChI is InChI=1S/C20H18N4O3S2/c1-14-23-19(13-28-14)15-3-7-17(8-4-15)24-20(25)16-5-9-18(10-6-16)29(26,27)22-12-2-11-21/h3-10,13,22H,2,12H2,1H3,(H,24,25). The summed E-state index contributed by atoms with van der Waals surface area (Å²) >= 11 is 1.58. The molecule has 148 valence electrons. The van der Waals surface area contributed by atoms with Crippen LogP contribution in [0.1, 0.15) is 21.8 Å². The van der Waals surface area contributed by atoms with Crippen LogP contribution < -0.4 is 10.0 Å². The van der Waals surface area contributed by atoms with E-state index in [0.29, 0.717) is 11.3 Å². The third-order valence-electron chi connectivity index (χ3n) is 4.01. The molecule has 0 aliphatic heterocycles. The number of carbonyl (C=O) groups is 1. The van der Waals surface area contributed by atoms with E-state index in [1.807, 2.05) is 30.5 Å². The summed E-state index contributed by atoms with van der Waals surface area (Å²) in [6, 6.07) is 14.8. The van der Waals surface area contributed by atoms with Crippen molar-refractivity contribution in [3.05, 3.63) is 64.5 Å². The van der Waals surface area contributed by atoms with Gasteiger partial charge in [0.25, 0.3) is 5.91 Å². The van der Waals surface area contributed by atoms with Crippen molar-refractivity contribution in [2.45, 2.75) is 18.2 Å². The Kier molecular flexibility index (Phi) is 6.39. The Morgan fingerprint density at radius 3 is 2.41 bits per heavy atom. The second-order valence-electron chi connectivity index (χ2n) is 6.11. The maximum Gasteiger partial charge on any atom is 0.255 e. The third-order valence-corrected chi connectivity index (χ3v) is 6.26. The van der Waals surface area contributed by atoms with E-state index < -0.39 is 10.0 Å². The van der Waals surface area contributed by atoms with Gasteiger partial charge in [-0.25, -0.2) is 18.1 Å². The van der Waals surface area contributed by atoms with E-state index in [1.54, 1.807) is 23.5 Å². The molecule has 0 fully saturated rings. The minimum Gasteiger partial charge on any atom is -0.322 e. The Balaban J connectivity index is 1.66. The highest BCUT2D eigenvalue weighted by Gasteiger charge is 2.14. The highest BCUT2D eigenvalue weighted by atomic mass is 32.2. The molecule has 1 aromatic heterocycles. The number of thiazole rings is 1. The molecular formula is C20H18N4O3S2. The van der Waals surface area contributed by atoms with E-state index in [2.05, 4.69) is 15.0 Å². The van der Waals surface area contributed by atoms with Gasteiger partial charge in [0.05, 0.1) is 21.7 Å². The third kappa shape index (κ3) is 5.26. The van der Waals surface area contributed by atoms with E-state index in [-0.39, 0.29) is 23.8 Å². The fourth-order valence-electron chi connectivity index (χ4n) is 2.53. The van der Waals surface area contributed by atoms with Gasteiger partial charge in [-0.15, -0.1) is 11.3 Å². The van der Waals surface area contributed by atoms with Crippen LogP contribution in [0.25, 0.3) is 11.3 Å². The molecule has 2 aromatic carbocycles. The van der Waals surface area contributed by atoms with E-state index >= 15 is 0 Å². The number of rotatable bonds is 7. The first kappa shape index (κ1) is 20.7. The summed E-state index contributed by atoms with van der Waals surface area (Å²) in [4.78, 5) is 16.9. The number of anilines is 1. The summed E-state index contributed by atoms with van der Waals surface area (Å²) in [6.45, 7) is 1.99. The summed E-state index contributed by atoms with van der Waals surface area (Å²) in [5.74, 6) is -0.344. The smallest absolute Gasteiger partial charge is 0.255 e. The molecule has 0 bridgehead atoms. The monoisotopic (exact) mass is 426 g/mol. The molecule has 3 aromatic rings. The number of hydrogen-bond donors (Lipinski definition) is 2. The lowest BCUT2D eigenvalue weighted by Crippen LogP contribution is -2.24. The largest absolute Gasteiger partial charge is 0.322 e. The SMILES string of the molecule is Cc1nc(-c2ccc(NC(=O)c3ccc(S(=O)(=O)NCCC#N)cc3)cc2)cs1. The quantitative estimate of drug-likeness (QED) is 0.561. The van der Waals surface area contributed by atoms with Gasteiger partial charge in [-0.1, -0.05) is 12.1 Å². The number of nitrogens with zero attached hydrogens (tertiary/aromatic N) is 2. The lowest BCUT2D eigenvalue weighted by molar-refractivity contribution is 0.102. The average Bonchev–Trinajstić information content (AvgIpc) is 3.15. The van der Waals surface area contributed by atoms with Crippen LogP contribution in [-0.4, -0.2) is 25.9 Å². The molecule has 0 saturated carbocycles. The number of sulfonamides is 1. The van der Waals surface area contributed by atoms with Crippen LogP contribution in [0, 0.1) is 18.3 Å². The maximum atomic E-state index is 12.4. The Labute approximate surface area is 173 Å². The molecule has 0 unspecified atom stereocenters. The van der Waals surface area contributed by atoms with Crippen molar-refractivity contribution in [2.24, 2.45) is 0 Å². The molecule has 2 N–H and O–H groups in total. The van der Waals surface area contributed by atoms with Gasteiger partial charge >= 0.3 is 0 Å². The zero-order valence-electron chi connectivity index (χ0n) is 15.5. The van der Waals surface area contributed by atoms with Gasteiger partial charge in [-0.3, -0.25) is 4.79 Å². The first-order chi connectivity index (χ1) is 13.9. The second-order valence-corrected chi connectivity index (χ2v) is 8.94. The Bertz CT molecular complexity index is 1150. The van der Waals surface area contributed by atoms with Crippen molar-refractivity contribution >= 4 is 33.0 Å². The number of aromatic nitrogens is 1. The fourth-order valence-corrected chi connectivity index (χ4v) is 4.19. The van der Waals surface area contributed by atoms with Crippen molar-refractivity contribution < 1.29 is 13.2 Å². The van der Waals surface area contributed by atoms with Crippen LogP contribution in [0.5, 0.6) is 0 Å². The number of benzene rings is 2. The highest BCUT2D eigenvalue weighted by Crippen LogP contribution is 2.23. The van der Waals surface area contributed by atoms with Crippen LogP contribution in [-0.2, 0) is 10.0 Å². The highest BCUT2D eigenvalue weighted by molar-refractivity contribution is 7.89. The van der Waals surface area contributed by atoms with E-state index in [4.69, 9.17) is 5.26 Å². The Morgan fingerprint density at radius 2 is 1.83 bits per heavy atom. The van der Waals surface area contributed by atoms with Crippen LogP contribution in [0.2, 0.25) is 0 Å². The summed E-state index contributed by atoms with van der Waals surface area (Å²) in [6.07, 6.45) is 0.0839. The minimum absolute atomic E-state index is 0.0369. The molecule has 7 nitrogen and oxygen atoms in total. The van der Waals surface area contributed by atoms with E-state index in [9.17, 15) is 13.2 Å². The number of hydrogen-bond acceptors (Lipinski definition) is 6. The average molecular weight is 427 g/mol. The lowest BCUT2D eigenvalue weighted by atomic mass is 10.1.